The van der Waals surface area contributed by atoms with Gasteiger partial charge in [-0.2, -0.15) is 0 Å². The minimum Gasteiger partial charge on any atom is -0.491 e. The van der Waals surface area contributed by atoms with Crippen LogP contribution in [0.2, 0.25) is 0 Å². The van der Waals surface area contributed by atoms with Crippen LogP contribution in [-0.2, 0) is 4.79 Å². The third-order valence-corrected chi connectivity index (χ3v) is 3.61. The number of nitrogens with zero attached hydrogens (tertiary/aromatic N) is 1. The van der Waals surface area contributed by atoms with Gasteiger partial charge >= 0.3 is 0 Å². The maximum absolute atomic E-state index is 11.9. The topological polar surface area (TPSA) is 52.4 Å². The Kier molecular flexibility index (Phi) is 6.05. The van der Waals surface area contributed by atoms with Crippen LogP contribution in [0.1, 0.15) is 39.5 Å². The van der Waals surface area contributed by atoms with Crippen LogP contribution in [0.15, 0.2) is 24.3 Å². The summed E-state index contributed by atoms with van der Waals surface area (Å²) in [7, 11) is 0. The highest BCUT2D eigenvalue weighted by Gasteiger charge is 2.15. The second-order valence-corrected chi connectivity index (χ2v) is 5.92. The number of benzene rings is 1. The SMILES string of the molecule is CC(C)Oc1ccc(NC(=O)CCC2CCC[N]C2)cc1. The first-order valence-electron chi connectivity index (χ1n) is 7.83. The normalized spacial score (nSPS) is 18.5. The summed E-state index contributed by atoms with van der Waals surface area (Å²) in [5.74, 6) is 1.50. The van der Waals surface area contributed by atoms with Crippen LogP contribution in [0.4, 0.5) is 5.69 Å². The van der Waals surface area contributed by atoms with E-state index >= 15 is 0 Å². The lowest BCUT2D eigenvalue weighted by Crippen LogP contribution is -2.25. The van der Waals surface area contributed by atoms with Crippen molar-refractivity contribution in [2.45, 2.75) is 45.6 Å². The van der Waals surface area contributed by atoms with Crippen LogP contribution in [-0.4, -0.2) is 25.1 Å². The first kappa shape index (κ1) is 15.8. The molecule has 1 radical (unpaired) electrons. The van der Waals surface area contributed by atoms with Gasteiger partial charge in [0.25, 0.3) is 0 Å². The van der Waals surface area contributed by atoms with Crippen LogP contribution in [0.25, 0.3) is 0 Å². The average Bonchev–Trinajstić information content (AvgIpc) is 2.48. The minimum atomic E-state index is 0.0816. The maximum Gasteiger partial charge on any atom is 0.224 e. The number of hydrogen-bond donors (Lipinski definition) is 1. The van der Waals surface area contributed by atoms with Crippen LogP contribution in [0.3, 0.4) is 0 Å². The molecule has 1 fully saturated rings. The van der Waals surface area contributed by atoms with E-state index in [1.165, 1.54) is 12.8 Å². The molecule has 0 aromatic heterocycles. The number of nitrogens with one attached hydrogen (secondary N) is 1. The molecule has 0 aliphatic carbocycles. The fraction of sp³-hybridized carbons (Fsp3) is 0.588. The summed E-state index contributed by atoms with van der Waals surface area (Å²) in [6.07, 6.45) is 4.04. The van der Waals surface area contributed by atoms with E-state index in [9.17, 15) is 4.79 Å². The van der Waals surface area contributed by atoms with Crippen molar-refractivity contribution in [3.05, 3.63) is 24.3 Å². The molecule has 1 aromatic carbocycles. The van der Waals surface area contributed by atoms with Crippen molar-refractivity contribution in [3.8, 4) is 5.75 Å². The Morgan fingerprint density at radius 3 is 2.76 bits per heavy atom. The lowest BCUT2D eigenvalue weighted by atomic mass is 9.94. The lowest BCUT2D eigenvalue weighted by Gasteiger charge is -2.20. The molecule has 1 aromatic rings. The van der Waals surface area contributed by atoms with Gasteiger partial charge < -0.3 is 10.1 Å². The molecule has 1 aliphatic rings. The van der Waals surface area contributed by atoms with E-state index in [4.69, 9.17) is 4.74 Å². The van der Waals surface area contributed by atoms with Gasteiger partial charge in [-0.1, -0.05) is 0 Å². The Bertz CT molecular complexity index is 437. The Balaban J connectivity index is 1.74. The highest BCUT2D eigenvalue weighted by Crippen LogP contribution is 2.19. The van der Waals surface area contributed by atoms with Crippen LogP contribution in [0, 0.1) is 5.92 Å². The van der Waals surface area contributed by atoms with Gasteiger partial charge in [-0.05, 0) is 63.3 Å². The van der Waals surface area contributed by atoms with Gasteiger partial charge in [-0.25, -0.2) is 5.32 Å². The molecule has 4 nitrogen and oxygen atoms in total. The number of carbonyl (C=O) groups is 1. The monoisotopic (exact) mass is 289 g/mol. The number of hydrogen-bond acceptors (Lipinski definition) is 2. The number of ether oxygens (including phenoxy) is 1. The molecular weight excluding hydrogens is 264 g/mol. The summed E-state index contributed by atoms with van der Waals surface area (Å²) in [6.45, 7) is 5.91. The van der Waals surface area contributed by atoms with Gasteiger partial charge in [0.1, 0.15) is 5.75 Å². The Labute approximate surface area is 127 Å². The van der Waals surface area contributed by atoms with Crippen molar-refractivity contribution in [1.29, 1.82) is 0 Å². The first-order valence-corrected chi connectivity index (χ1v) is 7.83. The molecule has 1 amide bonds. The summed E-state index contributed by atoms with van der Waals surface area (Å²) in [5.41, 5.74) is 0.824. The fourth-order valence-corrected chi connectivity index (χ4v) is 2.54. The molecule has 1 heterocycles. The minimum absolute atomic E-state index is 0.0816. The predicted octanol–water partition coefficient (Wildman–Crippen LogP) is 3.21. The zero-order chi connectivity index (χ0) is 15.1. The number of amides is 1. The van der Waals surface area contributed by atoms with Crippen molar-refractivity contribution >= 4 is 11.6 Å². The summed E-state index contributed by atoms with van der Waals surface area (Å²) in [4.78, 5) is 11.9. The molecule has 0 saturated carbocycles. The number of rotatable bonds is 6. The molecule has 2 rings (SSSR count). The Morgan fingerprint density at radius 1 is 1.38 bits per heavy atom. The standard InChI is InChI=1S/C17H25N2O2/c1-13(2)21-16-8-6-15(7-9-16)19-17(20)10-5-14-4-3-11-18-12-14/h6-9,13-14H,3-5,10-12H2,1-2H3,(H,19,20). The van der Waals surface area contributed by atoms with E-state index in [2.05, 4.69) is 10.6 Å². The van der Waals surface area contributed by atoms with E-state index in [0.29, 0.717) is 12.3 Å². The molecule has 1 aliphatic heterocycles. The highest BCUT2D eigenvalue weighted by molar-refractivity contribution is 5.90. The van der Waals surface area contributed by atoms with Gasteiger partial charge in [-0.15, -0.1) is 0 Å². The van der Waals surface area contributed by atoms with E-state index in [1.54, 1.807) is 0 Å². The summed E-state index contributed by atoms with van der Waals surface area (Å²) < 4.78 is 5.58. The van der Waals surface area contributed by atoms with Crippen molar-refractivity contribution in [3.63, 3.8) is 0 Å². The zero-order valence-corrected chi connectivity index (χ0v) is 13.0. The molecule has 0 bridgehead atoms. The van der Waals surface area contributed by atoms with E-state index in [-0.39, 0.29) is 12.0 Å². The summed E-state index contributed by atoms with van der Waals surface area (Å²) in [5, 5.41) is 7.35. The van der Waals surface area contributed by atoms with E-state index < -0.39 is 0 Å². The maximum atomic E-state index is 11.9. The molecule has 4 heteroatoms. The third-order valence-electron chi connectivity index (χ3n) is 3.61. The zero-order valence-electron chi connectivity index (χ0n) is 13.0. The second kappa shape index (κ2) is 8.03. The average molecular weight is 289 g/mol. The first-order chi connectivity index (χ1) is 10.1. The van der Waals surface area contributed by atoms with Crippen LogP contribution < -0.4 is 15.4 Å². The van der Waals surface area contributed by atoms with Gasteiger partial charge in [0, 0.05) is 25.2 Å². The van der Waals surface area contributed by atoms with Gasteiger partial charge in [0.15, 0.2) is 0 Å². The molecule has 1 saturated heterocycles. The van der Waals surface area contributed by atoms with Crippen molar-refractivity contribution < 1.29 is 9.53 Å². The lowest BCUT2D eigenvalue weighted by molar-refractivity contribution is -0.116. The molecular formula is C17H25N2O2. The van der Waals surface area contributed by atoms with Crippen molar-refractivity contribution in [2.75, 3.05) is 18.4 Å². The fourth-order valence-electron chi connectivity index (χ4n) is 2.54. The largest absolute Gasteiger partial charge is 0.491 e. The molecule has 115 valence electrons. The molecule has 0 spiro atoms. The third kappa shape index (κ3) is 5.76. The van der Waals surface area contributed by atoms with Gasteiger partial charge in [0.2, 0.25) is 5.91 Å². The van der Waals surface area contributed by atoms with Crippen LogP contribution >= 0.6 is 0 Å². The smallest absolute Gasteiger partial charge is 0.224 e. The number of carbonyl (C=O) groups excluding carboxylic acids is 1. The second-order valence-electron chi connectivity index (χ2n) is 5.92. The Hall–Kier alpha value is -1.55. The summed E-state index contributed by atoms with van der Waals surface area (Å²) >= 11 is 0. The van der Waals surface area contributed by atoms with E-state index in [1.807, 2.05) is 38.1 Å². The summed E-state index contributed by atoms with van der Waals surface area (Å²) in [6, 6.07) is 7.53. The quantitative estimate of drug-likeness (QED) is 0.874. The van der Waals surface area contributed by atoms with Crippen molar-refractivity contribution in [1.82, 2.24) is 5.32 Å². The molecule has 1 atom stereocenters. The van der Waals surface area contributed by atoms with Gasteiger partial charge in [0.05, 0.1) is 6.10 Å². The highest BCUT2D eigenvalue weighted by atomic mass is 16.5. The molecule has 21 heavy (non-hydrogen) atoms. The Morgan fingerprint density at radius 2 is 2.14 bits per heavy atom. The molecule has 1 N–H and O–H groups in total. The van der Waals surface area contributed by atoms with E-state index in [0.717, 1.165) is 30.9 Å². The van der Waals surface area contributed by atoms with Gasteiger partial charge in [-0.3, -0.25) is 4.79 Å². The van der Waals surface area contributed by atoms with Crippen LogP contribution in [0.5, 0.6) is 5.75 Å². The van der Waals surface area contributed by atoms with Crippen molar-refractivity contribution in [2.24, 2.45) is 5.92 Å². The predicted molar refractivity (Wildman–Crippen MR) is 84.7 cm³/mol. The molecule has 1 unspecified atom stereocenters. The number of anilines is 1. The number of piperidine rings is 1.